The molecule has 4 nitrogen and oxygen atoms in total. The normalized spacial score (nSPS) is 16.9. The van der Waals surface area contributed by atoms with E-state index in [2.05, 4.69) is 21.2 Å². The number of ether oxygens (including phenoxy) is 1. The molecule has 2 aromatic carbocycles. The number of alkyl carbamates (subject to hydrolysis) is 1. The number of carbonyl (C=O) groups excluding carboxylic acids is 1. The average Bonchev–Trinajstić information content (AvgIpc) is 2.59. The molecule has 0 bridgehead atoms. The van der Waals surface area contributed by atoms with Crippen molar-refractivity contribution in [3.8, 4) is 0 Å². The molecule has 1 heterocycles. The van der Waals surface area contributed by atoms with Crippen LogP contribution in [0.5, 0.6) is 0 Å². The summed E-state index contributed by atoms with van der Waals surface area (Å²) in [7, 11) is 0. The first-order chi connectivity index (χ1) is 13.4. The van der Waals surface area contributed by atoms with Crippen LogP contribution in [0.3, 0.4) is 0 Å². The summed E-state index contributed by atoms with van der Waals surface area (Å²) in [5, 5.41) is 2.88. The second-order valence-corrected chi connectivity index (χ2v) is 8.79. The molecule has 3 rings (SSSR count). The number of halogens is 4. The van der Waals surface area contributed by atoms with Crippen LogP contribution in [0.25, 0.3) is 0 Å². The smallest absolute Gasteiger partial charge is 0.416 e. The van der Waals surface area contributed by atoms with Gasteiger partial charge in [-0.1, -0.05) is 22.0 Å². The summed E-state index contributed by atoms with van der Waals surface area (Å²) < 4.78 is 45.0. The Hall–Kier alpha value is -2.22. The third-order valence-electron chi connectivity index (χ3n) is 4.47. The summed E-state index contributed by atoms with van der Waals surface area (Å²) in [6, 6.07) is 10.5. The summed E-state index contributed by atoms with van der Waals surface area (Å²) in [6.45, 7) is 5.77. The zero-order chi connectivity index (χ0) is 21.4. The van der Waals surface area contributed by atoms with E-state index < -0.39 is 23.4 Å². The number of alkyl halides is 3. The van der Waals surface area contributed by atoms with E-state index in [0.29, 0.717) is 18.7 Å². The lowest BCUT2D eigenvalue weighted by Crippen LogP contribution is -2.48. The maximum Gasteiger partial charge on any atom is 0.416 e. The Morgan fingerprint density at radius 2 is 1.79 bits per heavy atom. The Bertz CT molecular complexity index is 892. The molecule has 0 saturated heterocycles. The molecule has 1 unspecified atom stereocenters. The van der Waals surface area contributed by atoms with E-state index in [-0.39, 0.29) is 6.04 Å². The monoisotopic (exact) mass is 470 g/mol. The molecule has 0 aliphatic carbocycles. The third-order valence-corrected chi connectivity index (χ3v) is 5.21. The second kappa shape index (κ2) is 7.89. The third kappa shape index (κ3) is 5.23. The Morgan fingerprint density at radius 1 is 1.14 bits per heavy atom. The van der Waals surface area contributed by atoms with Crippen molar-refractivity contribution in [1.29, 1.82) is 0 Å². The molecule has 8 heteroatoms. The lowest BCUT2D eigenvalue weighted by Gasteiger charge is -2.37. The number of nitrogens with zero attached hydrogens (tertiary/aromatic N) is 1. The quantitative estimate of drug-likeness (QED) is 0.580. The van der Waals surface area contributed by atoms with Gasteiger partial charge in [-0.3, -0.25) is 0 Å². The van der Waals surface area contributed by atoms with Gasteiger partial charge < -0.3 is 15.0 Å². The van der Waals surface area contributed by atoms with Crippen LogP contribution in [0.15, 0.2) is 46.9 Å². The zero-order valence-electron chi connectivity index (χ0n) is 16.3. The highest BCUT2D eigenvalue weighted by molar-refractivity contribution is 9.10. The highest BCUT2D eigenvalue weighted by Crippen LogP contribution is 2.38. The van der Waals surface area contributed by atoms with E-state index in [1.165, 1.54) is 12.1 Å². The van der Waals surface area contributed by atoms with E-state index in [0.717, 1.165) is 27.9 Å². The summed E-state index contributed by atoms with van der Waals surface area (Å²) in [5.74, 6) is 0. The van der Waals surface area contributed by atoms with Crippen LogP contribution < -0.4 is 10.2 Å². The Balaban J connectivity index is 1.90. The van der Waals surface area contributed by atoms with E-state index in [9.17, 15) is 18.0 Å². The predicted molar refractivity (Wildman–Crippen MR) is 109 cm³/mol. The van der Waals surface area contributed by atoms with Crippen molar-refractivity contribution in [2.45, 2.75) is 45.0 Å². The van der Waals surface area contributed by atoms with Gasteiger partial charge in [0.25, 0.3) is 0 Å². The molecule has 1 aliphatic heterocycles. The second-order valence-electron chi connectivity index (χ2n) is 7.94. The fourth-order valence-electron chi connectivity index (χ4n) is 3.28. The molecular formula is C21H22BrF3N2O2. The predicted octanol–water partition coefficient (Wildman–Crippen LogP) is 6.06. The van der Waals surface area contributed by atoms with Crippen molar-refractivity contribution >= 4 is 33.4 Å². The first kappa shape index (κ1) is 21.5. The van der Waals surface area contributed by atoms with Gasteiger partial charge in [-0.2, -0.15) is 13.2 Å². The van der Waals surface area contributed by atoms with Crippen molar-refractivity contribution in [2.75, 3.05) is 11.4 Å². The maximum atomic E-state index is 12.9. The maximum absolute atomic E-state index is 12.9. The van der Waals surface area contributed by atoms with Crippen molar-refractivity contribution in [1.82, 2.24) is 5.32 Å². The number of hydrogen-bond acceptors (Lipinski definition) is 3. The fourth-order valence-corrected chi connectivity index (χ4v) is 3.80. The van der Waals surface area contributed by atoms with Gasteiger partial charge in [-0.15, -0.1) is 0 Å². The number of nitrogens with one attached hydrogen (secondary N) is 1. The molecule has 0 aromatic heterocycles. The van der Waals surface area contributed by atoms with Crippen LogP contribution in [0.2, 0.25) is 0 Å². The standard InChI is InChI=1S/C21H22BrF3N2O2/c1-20(2,3)29-19(28)26-14-11-16-17(22)5-4-6-18(16)27(12-14)15-9-7-13(8-10-15)21(23,24)25/h4-10,14H,11-12H2,1-3H3,(H,26,28). The fraction of sp³-hybridized carbons (Fsp3) is 0.381. The number of rotatable bonds is 2. The van der Waals surface area contributed by atoms with Gasteiger partial charge in [-0.05, 0) is 69.2 Å². The minimum atomic E-state index is -4.39. The summed E-state index contributed by atoms with van der Waals surface area (Å²) in [5.41, 5.74) is 1.16. The van der Waals surface area contributed by atoms with Gasteiger partial charge in [0.1, 0.15) is 5.60 Å². The van der Waals surface area contributed by atoms with Gasteiger partial charge in [0, 0.05) is 22.4 Å². The van der Waals surface area contributed by atoms with Crippen LogP contribution >= 0.6 is 15.9 Å². The van der Waals surface area contributed by atoms with Crippen LogP contribution in [0.4, 0.5) is 29.3 Å². The van der Waals surface area contributed by atoms with E-state index in [1.807, 2.05) is 23.1 Å². The molecule has 1 amide bonds. The Kier molecular flexibility index (Phi) is 5.85. The van der Waals surface area contributed by atoms with Crippen molar-refractivity contribution in [3.05, 3.63) is 58.1 Å². The van der Waals surface area contributed by atoms with E-state index >= 15 is 0 Å². The van der Waals surface area contributed by atoms with Gasteiger partial charge in [0.2, 0.25) is 0 Å². The number of carbonyl (C=O) groups is 1. The zero-order valence-corrected chi connectivity index (χ0v) is 17.9. The number of anilines is 2. The summed E-state index contributed by atoms with van der Waals surface area (Å²) >= 11 is 3.54. The molecule has 0 spiro atoms. The van der Waals surface area contributed by atoms with Crippen LogP contribution in [-0.2, 0) is 17.3 Å². The molecule has 1 aliphatic rings. The molecular weight excluding hydrogens is 449 g/mol. The van der Waals surface area contributed by atoms with Crippen LogP contribution in [0.1, 0.15) is 31.9 Å². The first-order valence-corrected chi connectivity index (χ1v) is 9.95. The van der Waals surface area contributed by atoms with Crippen molar-refractivity contribution in [2.24, 2.45) is 0 Å². The minimum Gasteiger partial charge on any atom is -0.444 e. The molecule has 156 valence electrons. The molecule has 0 saturated carbocycles. The van der Waals surface area contributed by atoms with Crippen LogP contribution in [-0.4, -0.2) is 24.3 Å². The minimum absolute atomic E-state index is 0.265. The summed E-state index contributed by atoms with van der Waals surface area (Å²) in [6.07, 6.45) is -4.33. The van der Waals surface area contributed by atoms with E-state index in [1.54, 1.807) is 20.8 Å². The first-order valence-electron chi connectivity index (χ1n) is 9.16. The highest BCUT2D eigenvalue weighted by atomic mass is 79.9. The van der Waals surface area contributed by atoms with Gasteiger partial charge in [0.05, 0.1) is 11.6 Å². The number of hydrogen-bond donors (Lipinski definition) is 1. The lowest BCUT2D eigenvalue weighted by molar-refractivity contribution is -0.137. The highest BCUT2D eigenvalue weighted by Gasteiger charge is 2.32. The number of benzene rings is 2. The van der Waals surface area contributed by atoms with Crippen LogP contribution in [0, 0.1) is 0 Å². The van der Waals surface area contributed by atoms with Crippen molar-refractivity contribution in [3.63, 3.8) is 0 Å². The SMILES string of the molecule is CC(C)(C)OC(=O)NC1Cc2c(Br)cccc2N(c2ccc(C(F)(F)F)cc2)C1. The van der Waals surface area contributed by atoms with Gasteiger partial charge in [0.15, 0.2) is 0 Å². The molecule has 1 atom stereocenters. The molecule has 0 fully saturated rings. The van der Waals surface area contributed by atoms with Crippen molar-refractivity contribution < 1.29 is 22.7 Å². The van der Waals surface area contributed by atoms with Gasteiger partial charge in [-0.25, -0.2) is 4.79 Å². The summed E-state index contributed by atoms with van der Waals surface area (Å²) in [4.78, 5) is 14.1. The average molecular weight is 471 g/mol. The number of amides is 1. The Morgan fingerprint density at radius 3 is 2.38 bits per heavy atom. The Labute approximate surface area is 176 Å². The topological polar surface area (TPSA) is 41.6 Å². The molecule has 0 radical (unpaired) electrons. The number of fused-ring (bicyclic) bond motifs is 1. The lowest BCUT2D eigenvalue weighted by atomic mass is 9.97. The molecule has 29 heavy (non-hydrogen) atoms. The largest absolute Gasteiger partial charge is 0.444 e. The van der Waals surface area contributed by atoms with E-state index in [4.69, 9.17) is 4.74 Å². The molecule has 1 N–H and O–H groups in total. The molecule has 2 aromatic rings. The van der Waals surface area contributed by atoms with Gasteiger partial charge >= 0.3 is 12.3 Å².